The lowest BCUT2D eigenvalue weighted by Gasteiger charge is -2.14. The average Bonchev–Trinajstić information content (AvgIpc) is 2.55. The maximum absolute atomic E-state index is 6.09. The number of halogens is 1. The molecule has 0 bridgehead atoms. The van der Waals surface area contributed by atoms with Crippen LogP contribution < -0.4 is 10.1 Å². The Balaban J connectivity index is 1.93. The average molecular weight is 391 g/mol. The summed E-state index contributed by atoms with van der Waals surface area (Å²) in [5.74, 6) is 0.946. The number of ether oxygens (including phenoxy) is 1. The Bertz CT molecular complexity index is 643. The van der Waals surface area contributed by atoms with Gasteiger partial charge in [0.25, 0.3) is 0 Å². The monoisotopic (exact) mass is 390 g/mol. The first kappa shape index (κ1) is 19.0. The fourth-order valence-corrected chi connectivity index (χ4v) is 2.91. The van der Waals surface area contributed by atoms with Gasteiger partial charge in [-0.2, -0.15) is 0 Å². The zero-order valence-electron chi connectivity index (χ0n) is 14.8. The van der Waals surface area contributed by atoms with E-state index in [4.69, 9.17) is 4.74 Å². The third-order valence-electron chi connectivity index (χ3n) is 3.94. The minimum absolute atomic E-state index is 0.599. The van der Waals surface area contributed by atoms with Gasteiger partial charge in [0.15, 0.2) is 0 Å². The van der Waals surface area contributed by atoms with E-state index in [9.17, 15) is 0 Å². The molecule has 0 atom stereocenters. The van der Waals surface area contributed by atoms with Gasteiger partial charge in [0.05, 0.1) is 0 Å². The van der Waals surface area contributed by atoms with Crippen molar-refractivity contribution in [2.24, 2.45) is 0 Å². The summed E-state index contributed by atoms with van der Waals surface area (Å²) >= 11 is 3.56. The van der Waals surface area contributed by atoms with Crippen LogP contribution in [0.4, 0.5) is 0 Å². The van der Waals surface area contributed by atoms with E-state index < -0.39 is 0 Å². The highest BCUT2D eigenvalue weighted by Gasteiger charge is 2.06. The number of rotatable bonds is 9. The highest BCUT2D eigenvalue weighted by molar-refractivity contribution is 9.10. The van der Waals surface area contributed by atoms with Gasteiger partial charge in [0.2, 0.25) is 0 Å². The van der Waals surface area contributed by atoms with E-state index in [-0.39, 0.29) is 0 Å². The molecule has 0 saturated heterocycles. The van der Waals surface area contributed by atoms with E-state index in [2.05, 4.69) is 77.5 Å². The van der Waals surface area contributed by atoms with E-state index in [0.717, 1.165) is 36.3 Å². The second-order valence-electron chi connectivity index (χ2n) is 6.30. The number of hydrogen-bond donors (Lipinski definition) is 1. The fourth-order valence-electron chi connectivity index (χ4n) is 2.50. The predicted molar refractivity (Wildman–Crippen MR) is 105 cm³/mol. The zero-order chi connectivity index (χ0) is 17.4. The third-order valence-corrected chi connectivity index (χ3v) is 4.43. The molecule has 4 heteroatoms. The Morgan fingerprint density at radius 3 is 2.62 bits per heavy atom. The Morgan fingerprint density at radius 2 is 1.88 bits per heavy atom. The van der Waals surface area contributed by atoms with E-state index in [1.165, 1.54) is 16.7 Å². The summed E-state index contributed by atoms with van der Waals surface area (Å²) in [4.78, 5) is 2.21. The van der Waals surface area contributed by atoms with Gasteiger partial charge >= 0.3 is 0 Å². The first-order valence-electron chi connectivity index (χ1n) is 8.37. The van der Waals surface area contributed by atoms with Crippen LogP contribution in [0.2, 0.25) is 0 Å². The van der Waals surface area contributed by atoms with Crippen molar-refractivity contribution in [1.29, 1.82) is 0 Å². The molecule has 130 valence electrons. The molecule has 0 amide bonds. The second kappa shape index (κ2) is 9.82. The van der Waals surface area contributed by atoms with E-state index >= 15 is 0 Å². The molecule has 0 heterocycles. The molecule has 2 aromatic rings. The Kier molecular flexibility index (Phi) is 7.76. The standard InChI is InChI=1S/C20H27BrN2O/c1-16-7-4-5-8-17(16)15-24-20-10-9-19(21)13-18(20)14-22-11-6-12-23(2)3/h4-5,7-10,13,22H,6,11-12,14-15H2,1-3H3. The van der Waals surface area contributed by atoms with Crippen molar-refractivity contribution in [2.45, 2.75) is 26.5 Å². The van der Waals surface area contributed by atoms with Gasteiger partial charge < -0.3 is 15.0 Å². The first-order chi connectivity index (χ1) is 11.6. The van der Waals surface area contributed by atoms with Crippen LogP contribution in [0, 0.1) is 6.92 Å². The molecule has 0 aliphatic carbocycles. The lowest BCUT2D eigenvalue weighted by molar-refractivity contribution is 0.301. The highest BCUT2D eigenvalue weighted by atomic mass is 79.9. The van der Waals surface area contributed by atoms with Crippen LogP contribution in [0.15, 0.2) is 46.9 Å². The predicted octanol–water partition coefficient (Wildman–Crippen LogP) is 4.38. The second-order valence-corrected chi connectivity index (χ2v) is 7.22. The molecule has 0 radical (unpaired) electrons. The molecule has 3 nitrogen and oxygen atoms in total. The van der Waals surface area contributed by atoms with Crippen molar-refractivity contribution >= 4 is 15.9 Å². The van der Waals surface area contributed by atoms with Gasteiger partial charge in [-0.25, -0.2) is 0 Å². The fraction of sp³-hybridized carbons (Fsp3) is 0.400. The van der Waals surface area contributed by atoms with E-state index in [1.54, 1.807) is 0 Å². The summed E-state index contributed by atoms with van der Waals surface area (Å²) in [5.41, 5.74) is 3.67. The minimum atomic E-state index is 0.599. The largest absolute Gasteiger partial charge is 0.489 e. The van der Waals surface area contributed by atoms with Crippen molar-refractivity contribution in [3.63, 3.8) is 0 Å². The normalized spacial score (nSPS) is 11.0. The molecular weight excluding hydrogens is 364 g/mol. The molecule has 0 aliphatic heterocycles. The Morgan fingerprint density at radius 1 is 1.08 bits per heavy atom. The Hall–Kier alpha value is -1.36. The van der Waals surface area contributed by atoms with Gasteiger partial charge in [0, 0.05) is 16.6 Å². The summed E-state index contributed by atoms with van der Waals surface area (Å²) in [6.07, 6.45) is 1.14. The highest BCUT2D eigenvalue weighted by Crippen LogP contribution is 2.24. The van der Waals surface area contributed by atoms with Crippen molar-refractivity contribution in [3.8, 4) is 5.75 Å². The summed E-state index contributed by atoms with van der Waals surface area (Å²) < 4.78 is 7.16. The van der Waals surface area contributed by atoms with Crippen LogP contribution in [0.3, 0.4) is 0 Å². The summed E-state index contributed by atoms with van der Waals surface area (Å²) in [6.45, 7) is 5.63. The number of benzene rings is 2. The van der Waals surface area contributed by atoms with Crippen LogP contribution in [0.25, 0.3) is 0 Å². The maximum atomic E-state index is 6.09. The maximum Gasteiger partial charge on any atom is 0.124 e. The van der Waals surface area contributed by atoms with Crippen molar-refractivity contribution in [1.82, 2.24) is 10.2 Å². The molecule has 0 unspecified atom stereocenters. The van der Waals surface area contributed by atoms with Crippen molar-refractivity contribution in [2.75, 3.05) is 27.2 Å². The molecule has 0 spiro atoms. The molecule has 0 aromatic heterocycles. The van der Waals surface area contributed by atoms with E-state index in [1.807, 2.05) is 12.1 Å². The topological polar surface area (TPSA) is 24.5 Å². The summed E-state index contributed by atoms with van der Waals surface area (Å²) in [7, 11) is 4.21. The van der Waals surface area contributed by atoms with Crippen LogP contribution >= 0.6 is 15.9 Å². The quantitative estimate of drug-likeness (QED) is 0.643. The lowest BCUT2D eigenvalue weighted by Crippen LogP contribution is -2.21. The van der Waals surface area contributed by atoms with Crippen LogP contribution in [0.1, 0.15) is 23.1 Å². The van der Waals surface area contributed by atoms with Crippen LogP contribution in [0.5, 0.6) is 5.75 Å². The number of aryl methyl sites for hydroxylation is 1. The van der Waals surface area contributed by atoms with Gasteiger partial charge in [-0.3, -0.25) is 0 Å². The molecular formula is C20H27BrN2O. The SMILES string of the molecule is Cc1ccccc1COc1ccc(Br)cc1CNCCCN(C)C. The Labute approximate surface area is 154 Å². The summed E-state index contributed by atoms with van der Waals surface area (Å²) in [5, 5.41) is 3.51. The third kappa shape index (κ3) is 6.27. The molecule has 2 rings (SSSR count). The number of nitrogens with zero attached hydrogens (tertiary/aromatic N) is 1. The van der Waals surface area contributed by atoms with Crippen molar-refractivity contribution < 1.29 is 4.74 Å². The molecule has 2 aromatic carbocycles. The van der Waals surface area contributed by atoms with Gasteiger partial charge in [-0.1, -0.05) is 40.2 Å². The van der Waals surface area contributed by atoms with Gasteiger partial charge in [0.1, 0.15) is 12.4 Å². The number of nitrogens with one attached hydrogen (secondary N) is 1. The summed E-state index contributed by atoms with van der Waals surface area (Å²) in [6, 6.07) is 14.6. The number of hydrogen-bond acceptors (Lipinski definition) is 3. The van der Waals surface area contributed by atoms with Gasteiger partial charge in [-0.05, 0) is 69.9 Å². The zero-order valence-corrected chi connectivity index (χ0v) is 16.4. The van der Waals surface area contributed by atoms with E-state index in [0.29, 0.717) is 6.61 Å². The molecule has 1 N–H and O–H groups in total. The molecule has 24 heavy (non-hydrogen) atoms. The minimum Gasteiger partial charge on any atom is -0.489 e. The molecule has 0 fully saturated rings. The van der Waals surface area contributed by atoms with Crippen molar-refractivity contribution in [3.05, 3.63) is 63.6 Å². The first-order valence-corrected chi connectivity index (χ1v) is 9.17. The lowest BCUT2D eigenvalue weighted by atomic mass is 10.1. The van der Waals surface area contributed by atoms with Crippen LogP contribution in [-0.2, 0) is 13.2 Å². The smallest absolute Gasteiger partial charge is 0.124 e. The molecule has 0 saturated carbocycles. The van der Waals surface area contributed by atoms with Gasteiger partial charge in [-0.15, -0.1) is 0 Å². The molecule has 0 aliphatic rings. The van der Waals surface area contributed by atoms with Crippen LogP contribution in [-0.4, -0.2) is 32.1 Å².